The van der Waals surface area contributed by atoms with Crippen LogP contribution >= 0.6 is 0 Å². The molecule has 0 bridgehead atoms. The number of aromatic nitrogens is 1. The molecule has 0 amide bonds. The number of ether oxygens (including phenoxy) is 2. The fourth-order valence-electron chi connectivity index (χ4n) is 2.07. The smallest absolute Gasteiger partial charge is 0.219 e. The molecule has 0 radical (unpaired) electrons. The van der Waals surface area contributed by atoms with Crippen LogP contribution in [0.5, 0.6) is 17.4 Å². The highest BCUT2D eigenvalue weighted by Crippen LogP contribution is 2.23. The van der Waals surface area contributed by atoms with Crippen molar-refractivity contribution in [3.63, 3.8) is 0 Å². The van der Waals surface area contributed by atoms with E-state index in [1.807, 2.05) is 54.6 Å². The van der Waals surface area contributed by atoms with Crippen LogP contribution in [0.4, 0.5) is 0 Å². The third-order valence-electron chi connectivity index (χ3n) is 3.34. The Morgan fingerprint density at radius 1 is 0.818 bits per heavy atom. The Morgan fingerprint density at radius 3 is 2.27 bits per heavy atom. The van der Waals surface area contributed by atoms with E-state index < -0.39 is 0 Å². The predicted molar refractivity (Wildman–Crippen MR) is 86.3 cm³/mol. The Bertz CT molecular complexity index is 724. The summed E-state index contributed by atoms with van der Waals surface area (Å²) in [6, 6.07) is 21.3. The maximum Gasteiger partial charge on any atom is 0.219 e. The lowest BCUT2D eigenvalue weighted by atomic mass is 10.1. The Labute approximate surface area is 130 Å². The number of aryl methyl sites for hydroxylation is 1. The largest absolute Gasteiger partial charge is 0.489 e. The fourth-order valence-corrected chi connectivity index (χ4v) is 2.07. The molecule has 0 aliphatic rings. The van der Waals surface area contributed by atoms with Crippen LogP contribution in [0.25, 0.3) is 0 Å². The number of nitrogens with zero attached hydrogens (tertiary/aromatic N) is 1. The molecule has 0 saturated heterocycles. The molecule has 0 aliphatic heterocycles. The Kier molecular flexibility index (Phi) is 4.35. The summed E-state index contributed by atoms with van der Waals surface area (Å²) in [4.78, 5) is 4.13. The van der Waals surface area contributed by atoms with Crippen molar-refractivity contribution in [2.75, 3.05) is 0 Å². The minimum absolute atomic E-state index is 0.563. The van der Waals surface area contributed by atoms with Crippen molar-refractivity contribution >= 4 is 0 Å². The Morgan fingerprint density at radius 2 is 1.55 bits per heavy atom. The average Bonchev–Trinajstić information content (AvgIpc) is 2.56. The molecule has 2 aromatic carbocycles. The van der Waals surface area contributed by atoms with Gasteiger partial charge < -0.3 is 9.47 Å². The van der Waals surface area contributed by atoms with Gasteiger partial charge in [-0.2, -0.15) is 0 Å². The number of hydrogen-bond donors (Lipinski definition) is 0. The second-order valence-corrected chi connectivity index (χ2v) is 4.96. The molecule has 22 heavy (non-hydrogen) atoms. The minimum atomic E-state index is 0.563. The van der Waals surface area contributed by atoms with E-state index in [9.17, 15) is 0 Å². The zero-order valence-corrected chi connectivity index (χ0v) is 12.4. The average molecular weight is 291 g/mol. The van der Waals surface area contributed by atoms with Crippen LogP contribution in [0.2, 0.25) is 0 Å². The fraction of sp³-hybridized carbons (Fsp3) is 0.105. The molecule has 0 fully saturated rings. The summed E-state index contributed by atoms with van der Waals surface area (Å²) < 4.78 is 11.5. The van der Waals surface area contributed by atoms with E-state index in [0.29, 0.717) is 12.5 Å². The van der Waals surface area contributed by atoms with Gasteiger partial charge in [-0.1, -0.05) is 30.3 Å². The molecule has 3 aromatic rings. The normalized spacial score (nSPS) is 10.2. The Hall–Kier alpha value is -2.81. The van der Waals surface area contributed by atoms with Crippen LogP contribution in [-0.2, 0) is 6.61 Å². The van der Waals surface area contributed by atoms with Gasteiger partial charge in [-0.25, -0.2) is 4.98 Å². The molecular formula is C19H17NO2. The molecule has 0 spiro atoms. The van der Waals surface area contributed by atoms with Crippen LogP contribution in [0.3, 0.4) is 0 Å². The maximum atomic E-state index is 5.81. The van der Waals surface area contributed by atoms with E-state index in [-0.39, 0.29) is 0 Å². The first-order chi connectivity index (χ1) is 10.8. The van der Waals surface area contributed by atoms with Crippen LogP contribution in [0, 0.1) is 6.92 Å². The van der Waals surface area contributed by atoms with Crippen molar-refractivity contribution < 1.29 is 9.47 Å². The molecular weight excluding hydrogens is 274 g/mol. The van der Waals surface area contributed by atoms with Crippen LogP contribution in [0.1, 0.15) is 11.1 Å². The summed E-state index contributed by atoms with van der Waals surface area (Å²) in [7, 11) is 0. The number of rotatable bonds is 5. The first-order valence-electron chi connectivity index (χ1n) is 7.17. The van der Waals surface area contributed by atoms with Crippen molar-refractivity contribution in [2.24, 2.45) is 0 Å². The lowest BCUT2D eigenvalue weighted by Crippen LogP contribution is -1.97. The molecule has 0 aliphatic carbocycles. The van der Waals surface area contributed by atoms with Crippen molar-refractivity contribution in [2.45, 2.75) is 13.5 Å². The third-order valence-corrected chi connectivity index (χ3v) is 3.34. The molecule has 1 heterocycles. The minimum Gasteiger partial charge on any atom is -0.489 e. The topological polar surface area (TPSA) is 31.4 Å². The standard InChI is InChI=1S/C19H17NO2/c1-15-6-2-3-7-16(15)14-21-17-9-11-18(12-10-17)22-19-8-4-5-13-20-19/h2-13H,14H2,1H3. The molecule has 110 valence electrons. The van der Waals surface area contributed by atoms with Crippen LogP contribution in [-0.4, -0.2) is 4.98 Å². The molecule has 3 heteroatoms. The van der Waals surface area contributed by atoms with Gasteiger partial charge in [0.2, 0.25) is 5.88 Å². The van der Waals surface area contributed by atoms with E-state index >= 15 is 0 Å². The van der Waals surface area contributed by atoms with Gasteiger partial charge in [0, 0.05) is 12.3 Å². The van der Waals surface area contributed by atoms with Gasteiger partial charge >= 0.3 is 0 Å². The SMILES string of the molecule is Cc1ccccc1COc1ccc(Oc2ccccn2)cc1. The van der Waals surface area contributed by atoms with Gasteiger partial charge in [-0.05, 0) is 48.4 Å². The van der Waals surface area contributed by atoms with E-state index in [2.05, 4.69) is 24.0 Å². The first kappa shape index (κ1) is 14.1. The monoisotopic (exact) mass is 291 g/mol. The number of hydrogen-bond acceptors (Lipinski definition) is 3. The highest BCUT2D eigenvalue weighted by Gasteiger charge is 2.01. The Balaban J connectivity index is 1.61. The quantitative estimate of drug-likeness (QED) is 0.679. The van der Waals surface area contributed by atoms with Crippen molar-refractivity contribution in [3.05, 3.63) is 84.1 Å². The van der Waals surface area contributed by atoms with E-state index in [1.165, 1.54) is 11.1 Å². The van der Waals surface area contributed by atoms with Crippen LogP contribution < -0.4 is 9.47 Å². The molecule has 1 aromatic heterocycles. The molecule has 3 rings (SSSR count). The summed E-state index contributed by atoms with van der Waals surface area (Å²) in [6.45, 7) is 2.65. The highest BCUT2D eigenvalue weighted by atomic mass is 16.5. The molecule has 3 nitrogen and oxygen atoms in total. The zero-order chi connectivity index (χ0) is 15.2. The second kappa shape index (κ2) is 6.76. The van der Waals surface area contributed by atoms with Gasteiger partial charge in [-0.15, -0.1) is 0 Å². The van der Waals surface area contributed by atoms with Gasteiger partial charge in [0.1, 0.15) is 18.1 Å². The first-order valence-corrected chi connectivity index (χ1v) is 7.17. The number of benzene rings is 2. The van der Waals surface area contributed by atoms with E-state index in [4.69, 9.17) is 9.47 Å². The third kappa shape index (κ3) is 3.64. The second-order valence-electron chi connectivity index (χ2n) is 4.96. The van der Waals surface area contributed by atoms with E-state index in [0.717, 1.165) is 11.5 Å². The molecule has 0 unspecified atom stereocenters. The predicted octanol–water partition coefficient (Wildman–Crippen LogP) is 4.76. The van der Waals surface area contributed by atoms with Gasteiger partial charge in [-0.3, -0.25) is 0 Å². The maximum absolute atomic E-state index is 5.81. The lowest BCUT2D eigenvalue weighted by molar-refractivity contribution is 0.305. The van der Waals surface area contributed by atoms with Crippen molar-refractivity contribution in [1.29, 1.82) is 0 Å². The summed E-state index contributed by atoms with van der Waals surface area (Å²) in [5, 5.41) is 0. The van der Waals surface area contributed by atoms with Crippen molar-refractivity contribution in [3.8, 4) is 17.4 Å². The molecule has 0 atom stereocenters. The molecule has 0 N–H and O–H groups in total. The van der Waals surface area contributed by atoms with Crippen molar-refractivity contribution in [1.82, 2.24) is 4.98 Å². The van der Waals surface area contributed by atoms with Gasteiger partial charge in [0.05, 0.1) is 0 Å². The molecule has 0 saturated carbocycles. The van der Waals surface area contributed by atoms with Crippen LogP contribution in [0.15, 0.2) is 72.9 Å². The summed E-state index contributed by atoms with van der Waals surface area (Å²) in [5.41, 5.74) is 2.42. The lowest BCUT2D eigenvalue weighted by Gasteiger charge is -2.09. The zero-order valence-electron chi connectivity index (χ0n) is 12.4. The van der Waals surface area contributed by atoms with E-state index in [1.54, 1.807) is 6.20 Å². The van der Waals surface area contributed by atoms with Gasteiger partial charge in [0.15, 0.2) is 0 Å². The summed E-state index contributed by atoms with van der Waals surface area (Å²) in [5.74, 6) is 2.13. The highest BCUT2D eigenvalue weighted by molar-refractivity contribution is 5.34. The number of pyridine rings is 1. The van der Waals surface area contributed by atoms with Gasteiger partial charge in [0.25, 0.3) is 0 Å². The summed E-state index contributed by atoms with van der Waals surface area (Å²) >= 11 is 0. The summed E-state index contributed by atoms with van der Waals surface area (Å²) in [6.07, 6.45) is 1.70.